The molecule has 0 aliphatic heterocycles. The number of rotatable bonds is 3. The molecule has 18 heavy (non-hydrogen) atoms. The first kappa shape index (κ1) is 12.8. The zero-order valence-corrected chi connectivity index (χ0v) is 11.2. The third-order valence-electron chi connectivity index (χ3n) is 2.34. The maximum Gasteiger partial charge on any atom is 0.103 e. The zero-order valence-electron chi connectivity index (χ0n) is 9.64. The van der Waals surface area contributed by atoms with Crippen molar-refractivity contribution in [2.45, 2.75) is 0 Å². The van der Waals surface area contributed by atoms with Gasteiger partial charge in [-0.05, 0) is 35.9 Å². The molecule has 0 unspecified atom stereocenters. The minimum atomic E-state index is 0.668. The molecule has 1 nitrogen and oxygen atoms in total. The van der Waals surface area contributed by atoms with Gasteiger partial charge in [-0.25, -0.2) is 0 Å². The number of benzene rings is 2. The standard InChI is InChI=1S/C15H12ClNS/c16-13-7-9-14(10-8-13)17-15(18)11-6-12-4-2-1-3-5-12/h1-11H,(H,17,18). The van der Waals surface area contributed by atoms with E-state index >= 15 is 0 Å². The highest BCUT2D eigenvalue weighted by Gasteiger charge is 1.94. The van der Waals surface area contributed by atoms with Crippen molar-refractivity contribution < 1.29 is 0 Å². The Balaban J connectivity index is 1.97. The van der Waals surface area contributed by atoms with Crippen LogP contribution in [0.5, 0.6) is 0 Å². The molecule has 0 saturated heterocycles. The first-order chi connectivity index (χ1) is 8.74. The number of hydrogen-bond donors (Lipinski definition) is 1. The zero-order chi connectivity index (χ0) is 12.8. The highest BCUT2D eigenvalue weighted by Crippen LogP contribution is 2.13. The third-order valence-corrected chi connectivity index (χ3v) is 2.83. The van der Waals surface area contributed by atoms with Crippen LogP contribution in [-0.4, -0.2) is 4.99 Å². The molecule has 1 N–H and O–H groups in total. The van der Waals surface area contributed by atoms with Crippen LogP contribution in [0.3, 0.4) is 0 Å². The van der Waals surface area contributed by atoms with Gasteiger partial charge in [0.05, 0.1) is 0 Å². The Labute approximate surface area is 117 Å². The van der Waals surface area contributed by atoms with Crippen LogP contribution in [0.1, 0.15) is 5.56 Å². The van der Waals surface area contributed by atoms with E-state index in [2.05, 4.69) is 5.32 Å². The third kappa shape index (κ3) is 3.99. The molecule has 2 aromatic carbocycles. The summed E-state index contributed by atoms with van der Waals surface area (Å²) in [5.74, 6) is 0. The molecule has 0 aromatic heterocycles. The van der Waals surface area contributed by atoms with E-state index in [0.29, 0.717) is 10.0 Å². The highest BCUT2D eigenvalue weighted by molar-refractivity contribution is 7.81. The fraction of sp³-hybridized carbons (Fsp3) is 0. The van der Waals surface area contributed by atoms with Gasteiger partial charge in [-0.3, -0.25) is 0 Å². The van der Waals surface area contributed by atoms with Gasteiger partial charge >= 0.3 is 0 Å². The van der Waals surface area contributed by atoms with Crippen molar-refractivity contribution in [3.63, 3.8) is 0 Å². The molecule has 0 heterocycles. The molecular weight excluding hydrogens is 262 g/mol. The van der Waals surface area contributed by atoms with E-state index in [1.165, 1.54) is 0 Å². The fourth-order valence-corrected chi connectivity index (χ4v) is 1.77. The van der Waals surface area contributed by atoms with Crippen LogP contribution in [0.25, 0.3) is 6.08 Å². The molecule has 90 valence electrons. The van der Waals surface area contributed by atoms with Crippen molar-refractivity contribution in [1.82, 2.24) is 0 Å². The average molecular weight is 274 g/mol. The minimum absolute atomic E-state index is 0.668. The Morgan fingerprint density at radius 1 is 1.00 bits per heavy atom. The molecule has 3 heteroatoms. The summed E-state index contributed by atoms with van der Waals surface area (Å²) < 4.78 is 0. The van der Waals surface area contributed by atoms with Crippen molar-refractivity contribution in [1.29, 1.82) is 0 Å². The second-order valence-electron chi connectivity index (χ2n) is 3.74. The maximum absolute atomic E-state index is 5.81. The number of hydrogen-bond acceptors (Lipinski definition) is 1. The molecule has 2 rings (SSSR count). The summed E-state index contributed by atoms with van der Waals surface area (Å²) in [5.41, 5.74) is 2.06. The van der Waals surface area contributed by atoms with E-state index in [1.807, 2.05) is 66.7 Å². The maximum atomic E-state index is 5.81. The molecule has 2 aromatic rings. The van der Waals surface area contributed by atoms with Gasteiger partial charge in [-0.15, -0.1) is 0 Å². The molecule has 0 fully saturated rings. The Bertz CT molecular complexity index is 546. The normalized spacial score (nSPS) is 10.5. The lowest BCUT2D eigenvalue weighted by Crippen LogP contribution is -2.04. The smallest absolute Gasteiger partial charge is 0.103 e. The molecule has 0 aliphatic carbocycles. The summed E-state index contributed by atoms with van der Waals surface area (Å²) in [4.78, 5) is 0.668. The summed E-state index contributed by atoms with van der Waals surface area (Å²) in [6, 6.07) is 17.5. The Morgan fingerprint density at radius 3 is 2.33 bits per heavy atom. The SMILES string of the molecule is S=C(C=Cc1ccccc1)Nc1ccc(Cl)cc1. The lowest BCUT2D eigenvalue weighted by molar-refractivity contribution is 1.64. The summed E-state index contributed by atoms with van der Waals surface area (Å²) in [7, 11) is 0. The fourth-order valence-electron chi connectivity index (χ4n) is 1.45. The topological polar surface area (TPSA) is 12.0 Å². The van der Waals surface area contributed by atoms with Crippen LogP contribution in [0, 0.1) is 0 Å². The van der Waals surface area contributed by atoms with E-state index in [0.717, 1.165) is 11.3 Å². The average Bonchev–Trinajstić information content (AvgIpc) is 2.40. The Morgan fingerprint density at radius 2 is 1.67 bits per heavy atom. The molecule has 0 atom stereocenters. The van der Waals surface area contributed by atoms with Gasteiger partial charge in [-0.2, -0.15) is 0 Å². The van der Waals surface area contributed by atoms with Gasteiger partial charge in [0.25, 0.3) is 0 Å². The lowest BCUT2D eigenvalue weighted by atomic mass is 10.2. The molecule has 0 spiro atoms. The predicted molar refractivity (Wildman–Crippen MR) is 83.1 cm³/mol. The summed E-state index contributed by atoms with van der Waals surface area (Å²) >= 11 is 11.1. The monoisotopic (exact) mass is 273 g/mol. The van der Waals surface area contributed by atoms with E-state index in [-0.39, 0.29) is 0 Å². The van der Waals surface area contributed by atoms with Gasteiger partial charge in [0.15, 0.2) is 0 Å². The van der Waals surface area contributed by atoms with Gasteiger partial charge in [0, 0.05) is 10.7 Å². The van der Waals surface area contributed by atoms with Crippen LogP contribution in [0.2, 0.25) is 5.02 Å². The second kappa shape index (κ2) is 6.34. The lowest BCUT2D eigenvalue weighted by Gasteiger charge is -2.03. The van der Waals surface area contributed by atoms with Crippen molar-refractivity contribution in [2.24, 2.45) is 0 Å². The van der Waals surface area contributed by atoms with Gasteiger partial charge in [0.1, 0.15) is 4.99 Å². The van der Waals surface area contributed by atoms with Crippen LogP contribution >= 0.6 is 23.8 Å². The molecule has 0 amide bonds. The molecule has 0 saturated carbocycles. The van der Waals surface area contributed by atoms with Gasteiger partial charge < -0.3 is 5.32 Å². The van der Waals surface area contributed by atoms with Crippen molar-refractivity contribution in [3.8, 4) is 0 Å². The van der Waals surface area contributed by atoms with Gasteiger partial charge in [0.2, 0.25) is 0 Å². The number of nitrogens with one attached hydrogen (secondary N) is 1. The van der Waals surface area contributed by atoms with E-state index in [1.54, 1.807) is 0 Å². The van der Waals surface area contributed by atoms with Crippen LogP contribution in [0.15, 0.2) is 60.7 Å². The van der Waals surface area contributed by atoms with Crippen molar-refractivity contribution in [3.05, 3.63) is 71.3 Å². The van der Waals surface area contributed by atoms with Crippen LogP contribution in [0.4, 0.5) is 5.69 Å². The van der Waals surface area contributed by atoms with Gasteiger partial charge in [-0.1, -0.05) is 60.2 Å². The predicted octanol–water partition coefficient (Wildman–Crippen LogP) is 4.79. The summed E-state index contributed by atoms with van der Waals surface area (Å²) in [6.45, 7) is 0. The molecule has 0 aliphatic rings. The Hall–Kier alpha value is -1.64. The minimum Gasteiger partial charge on any atom is -0.347 e. The second-order valence-corrected chi connectivity index (χ2v) is 4.62. The quantitative estimate of drug-likeness (QED) is 0.637. The first-order valence-electron chi connectivity index (χ1n) is 5.54. The largest absolute Gasteiger partial charge is 0.347 e. The van der Waals surface area contributed by atoms with E-state index < -0.39 is 0 Å². The number of thiocarbonyl (C=S) groups is 1. The first-order valence-corrected chi connectivity index (χ1v) is 6.32. The Kier molecular flexibility index (Phi) is 4.51. The molecular formula is C15H12ClNS. The van der Waals surface area contributed by atoms with Crippen LogP contribution in [-0.2, 0) is 0 Å². The van der Waals surface area contributed by atoms with E-state index in [4.69, 9.17) is 23.8 Å². The number of halogens is 1. The van der Waals surface area contributed by atoms with E-state index in [9.17, 15) is 0 Å². The molecule has 0 bridgehead atoms. The summed E-state index contributed by atoms with van der Waals surface area (Å²) in [5, 5.41) is 3.84. The summed E-state index contributed by atoms with van der Waals surface area (Å²) in [6.07, 6.45) is 3.85. The van der Waals surface area contributed by atoms with Crippen molar-refractivity contribution in [2.75, 3.05) is 5.32 Å². The highest BCUT2D eigenvalue weighted by atomic mass is 35.5. The number of anilines is 1. The van der Waals surface area contributed by atoms with Crippen LogP contribution < -0.4 is 5.32 Å². The molecule has 0 radical (unpaired) electrons. The van der Waals surface area contributed by atoms with Crippen molar-refractivity contribution >= 4 is 40.6 Å².